The van der Waals surface area contributed by atoms with Crippen molar-refractivity contribution in [2.75, 3.05) is 11.9 Å². The highest BCUT2D eigenvalue weighted by molar-refractivity contribution is 5.53. The third kappa shape index (κ3) is 2.31. The Balaban J connectivity index is 1.91. The van der Waals surface area contributed by atoms with Crippen LogP contribution in [0.4, 0.5) is 5.69 Å². The van der Waals surface area contributed by atoms with E-state index >= 15 is 0 Å². The van der Waals surface area contributed by atoms with E-state index in [1.807, 2.05) is 37.3 Å². The number of hydrogen-bond acceptors (Lipinski definition) is 3. The van der Waals surface area contributed by atoms with Crippen molar-refractivity contribution in [3.05, 3.63) is 53.6 Å². The summed E-state index contributed by atoms with van der Waals surface area (Å²) in [6.45, 7) is 4.80. The van der Waals surface area contributed by atoms with Gasteiger partial charge in [-0.05, 0) is 36.8 Å². The molecule has 1 aliphatic rings. The number of benzene rings is 2. The number of fused-ring (bicyclic) bond motifs is 1. The van der Waals surface area contributed by atoms with E-state index in [2.05, 4.69) is 18.3 Å². The molecule has 1 heterocycles. The lowest BCUT2D eigenvalue weighted by Gasteiger charge is -2.32. The van der Waals surface area contributed by atoms with Gasteiger partial charge in [-0.3, -0.25) is 0 Å². The number of nitrogens with one attached hydrogen (secondary N) is 1. The maximum Gasteiger partial charge on any atom is 0.124 e. The van der Waals surface area contributed by atoms with E-state index in [0.717, 1.165) is 17.0 Å². The number of aryl methyl sites for hydroxylation is 1. The molecule has 0 amide bonds. The molecule has 2 unspecified atom stereocenters. The molecule has 2 aromatic rings. The zero-order valence-corrected chi connectivity index (χ0v) is 11.8. The van der Waals surface area contributed by atoms with Gasteiger partial charge in [-0.2, -0.15) is 0 Å². The minimum absolute atomic E-state index is 0.226. The molecule has 3 heteroatoms. The predicted molar refractivity (Wildman–Crippen MR) is 80.3 cm³/mol. The topological polar surface area (TPSA) is 41.5 Å². The summed E-state index contributed by atoms with van der Waals surface area (Å²) in [5.74, 6) is 1.67. The summed E-state index contributed by atoms with van der Waals surface area (Å²) in [7, 11) is 0. The summed E-state index contributed by atoms with van der Waals surface area (Å²) in [4.78, 5) is 0. The molecular formula is C17H19NO2. The second-order valence-electron chi connectivity index (χ2n) is 5.45. The third-order valence-corrected chi connectivity index (χ3v) is 3.84. The van der Waals surface area contributed by atoms with Crippen molar-refractivity contribution in [1.29, 1.82) is 0 Å². The van der Waals surface area contributed by atoms with Crippen LogP contribution in [0.25, 0.3) is 0 Å². The molecule has 1 aliphatic heterocycles. The van der Waals surface area contributed by atoms with Crippen molar-refractivity contribution in [3.8, 4) is 11.5 Å². The SMILES string of the molecule is Cc1cc(NC2c3ccccc3OCC2C)ccc1O. The van der Waals surface area contributed by atoms with Crippen LogP contribution in [0.2, 0.25) is 0 Å². The van der Waals surface area contributed by atoms with E-state index in [-0.39, 0.29) is 6.04 Å². The van der Waals surface area contributed by atoms with E-state index in [4.69, 9.17) is 4.74 Å². The number of aromatic hydroxyl groups is 1. The zero-order chi connectivity index (χ0) is 14.1. The lowest BCUT2D eigenvalue weighted by Crippen LogP contribution is -2.28. The Kier molecular flexibility index (Phi) is 3.26. The Labute approximate surface area is 119 Å². The number of hydrogen-bond donors (Lipinski definition) is 2. The summed E-state index contributed by atoms with van der Waals surface area (Å²) < 4.78 is 5.77. The molecule has 0 bridgehead atoms. The largest absolute Gasteiger partial charge is 0.508 e. The molecule has 3 nitrogen and oxygen atoms in total. The molecule has 2 atom stereocenters. The van der Waals surface area contributed by atoms with Crippen LogP contribution in [0.5, 0.6) is 11.5 Å². The van der Waals surface area contributed by atoms with Crippen molar-refractivity contribution in [3.63, 3.8) is 0 Å². The van der Waals surface area contributed by atoms with Crippen LogP contribution in [0.1, 0.15) is 24.1 Å². The first-order chi connectivity index (χ1) is 9.65. The van der Waals surface area contributed by atoms with E-state index in [1.165, 1.54) is 5.56 Å². The van der Waals surface area contributed by atoms with Gasteiger partial charge in [0.25, 0.3) is 0 Å². The summed E-state index contributed by atoms with van der Waals surface area (Å²) in [5.41, 5.74) is 3.09. The third-order valence-electron chi connectivity index (χ3n) is 3.84. The Morgan fingerprint density at radius 1 is 1.20 bits per heavy atom. The van der Waals surface area contributed by atoms with Gasteiger partial charge in [0.1, 0.15) is 11.5 Å². The number of anilines is 1. The first-order valence-corrected chi connectivity index (χ1v) is 6.93. The van der Waals surface area contributed by atoms with Crippen molar-refractivity contribution >= 4 is 5.69 Å². The molecule has 0 aromatic heterocycles. The number of para-hydroxylation sites is 1. The van der Waals surface area contributed by atoms with Crippen molar-refractivity contribution in [2.24, 2.45) is 5.92 Å². The van der Waals surface area contributed by atoms with Gasteiger partial charge in [0.05, 0.1) is 12.6 Å². The van der Waals surface area contributed by atoms with Crippen molar-refractivity contribution in [1.82, 2.24) is 0 Å². The van der Waals surface area contributed by atoms with Gasteiger partial charge in [-0.1, -0.05) is 25.1 Å². The second-order valence-corrected chi connectivity index (χ2v) is 5.45. The Morgan fingerprint density at radius 2 is 2.00 bits per heavy atom. The van der Waals surface area contributed by atoms with Crippen LogP contribution in [0.3, 0.4) is 0 Å². The summed E-state index contributed by atoms with van der Waals surface area (Å²) in [6, 6.07) is 14.0. The Bertz CT molecular complexity index is 624. The Morgan fingerprint density at radius 3 is 2.80 bits per heavy atom. The highest BCUT2D eigenvalue weighted by Crippen LogP contribution is 2.37. The van der Waals surface area contributed by atoms with Crippen LogP contribution in [0, 0.1) is 12.8 Å². The summed E-state index contributed by atoms with van der Waals surface area (Å²) in [5, 5.41) is 13.2. The van der Waals surface area contributed by atoms with Crippen LogP contribution in [-0.2, 0) is 0 Å². The van der Waals surface area contributed by atoms with E-state index in [0.29, 0.717) is 18.3 Å². The first-order valence-electron chi connectivity index (χ1n) is 6.93. The Hall–Kier alpha value is -2.16. The molecule has 2 N–H and O–H groups in total. The molecule has 104 valence electrons. The molecule has 0 saturated carbocycles. The van der Waals surface area contributed by atoms with Gasteiger partial charge in [0.2, 0.25) is 0 Å². The number of phenols is 1. The highest BCUT2D eigenvalue weighted by atomic mass is 16.5. The standard InChI is InChI=1S/C17H19NO2/c1-11-9-13(7-8-15(11)19)18-17-12(2)10-20-16-6-4-3-5-14(16)17/h3-9,12,17-19H,10H2,1-2H3. The molecule has 20 heavy (non-hydrogen) atoms. The molecule has 2 aromatic carbocycles. The van der Waals surface area contributed by atoms with Crippen LogP contribution in [-0.4, -0.2) is 11.7 Å². The fourth-order valence-corrected chi connectivity index (χ4v) is 2.64. The van der Waals surface area contributed by atoms with Gasteiger partial charge in [-0.15, -0.1) is 0 Å². The lowest BCUT2D eigenvalue weighted by molar-refractivity contribution is 0.214. The lowest BCUT2D eigenvalue weighted by atomic mass is 9.91. The van der Waals surface area contributed by atoms with Crippen molar-refractivity contribution < 1.29 is 9.84 Å². The number of ether oxygens (including phenoxy) is 1. The normalized spacial score (nSPS) is 20.9. The van der Waals surface area contributed by atoms with E-state index < -0.39 is 0 Å². The minimum atomic E-state index is 0.226. The predicted octanol–water partition coefficient (Wildman–Crippen LogP) is 3.88. The second kappa shape index (κ2) is 5.08. The summed E-state index contributed by atoms with van der Waals surface area (Å²) >= 11 is 0. The number of phenolic OH excluding ortho intramolecular Hbond substituents is 1. The van der Waals surface area contributed by atoms with Crippen LogP contribution < -0.4 is 10.1 Å². The molecule has 0 saturated heterocycles. The van der Waals surface area contributed by atoms with Gasteiger partial charge >= 0.3 is 0 Å². The molecule has 0 spiro atoms. The maximum absolute atomic E-state index is 9.61. The fraction of sp³-hybridized carbons (Fsp3) is 0.294. The van der Waals surface area contributed by atoms with Gasteiger partial charge in [-0.25, -0.2) is 0 Å². The maximum atomic E-state index is 9.61. The van der Waals surface area contributed by atoms with Gasteiger partial charge in [0.15, 0.2) is 0 Å². The average Bonchev–Trinajstić information content (AvgIpc) is 2.46. The van der Waals surface area contributed by atoms with Crippen LogP contribution >= 0.6 is 0 Å². The molecule has 0 aliphatic carbocycles. The first kappa shape index (κ1) is 12.9. The molecular weight excluding hydrogens is 250 g/mol. The van der Waals surface area contributed by atoms with Gasteiger partial charge < -0.3 is 15.2 Å². The fourth-order valence-electron chi connectivity index (χ4n) is 2.64. The highest BCUT2D eigenvalue weighted by Gasteiger charge is 2.27. The zero-order valence-electron chi connectivity index (χ0n) is 11.8. The average molecular weight is 269 g/mol. The van der Waals surface area contributed by atoms with Gasteiger partial charge in [0, 0.05) is 17.2 Å². The van der Waals surface area contributed by atoms with Crippen LogP contribution in [0.15, 0.2) is 42.5 Å². The van der Waals surface area contributed by atoms with E-state index in [1.54, 1.807) is 6.07 Å². The smallest absolute Gasteiger partial charge is 0.124 e. The quantitative estimate of drug-likeness (QED) is 0.813. The summed E-state index contributed by atoms with van der Waals surface area (Å²) in [6.07, 6.45) is 0. The monoisotopic (exact) mass is 269 g/mol. The molecule has 3 rings (SSSR count). The number of rotatable bonds is 2. The van der Waals surface area contributed by atoms with E-state index in [9.17, 15) is 5.11 Å². The molecule has 0 radical (unpaired) electrons. The minimum Gasteiger partial charge on any atom is -0.508 e. The molecule has 0 fully saturated rings. The van der Waals surface area contributed by atoms with Crippen molar-refractivity contribution in [2.45, 2.75) is 19.9 Å².